The Morgan fingerprint density at radius 2 is 1.79 bits per heavy atom. The van der Waals surface area contributed by atoms with Crippen molar-refractivity contribution in [3.05, 3.63) is 29.8 Å². The molecule has 0 spiro atoms. The van der Waals surface area contributed by atoms with Gasteiger partial charge in [0.15, 0.2) is 0 Å². The SMILES string of the molecule is CCOc1ccc(CN2CCN(C(=O)C3CCCN(S(C)(=O)=O)C3)CC2)cc1. The fraction of sp³-hybridized carbons (Fsp3) is 0.650. The number of carbonyl (C=O) groups is 1. The summed E-state index contributed by atoms with van der Waals surface area (Å²) in [6.45, 7) is 7.42. The predicted octanol–water partition coefficient (Wildman–Crippen LogP) is 1.40. The maximum Gasteiger partial charge on any atom is 0.227 e. The van der Waals surface area contributed by atoms with Gasteiger partial charge in [-0.2, -0.15) is 0 Å². The smallest absolute Gasteiger partial charge is 0.227 e. The number of ether oxygens (including phenoxy) is 1. The molecule has 8 heteroatoms. The van der Waals surface area contributed by atoms with Gasteiger partial charge >= 0.3 is 0 Å². The number of hydrogen-bond acceptors (Lipinski definition) is 5. The minimum absolute atomic E-state index is 0.106. The van der Waals surface area contributed by atoms with Gasteiger partial charge in [-0.25, -0.2) is 12.7 Å². The molecule has 2 heterocycles. The summed E-state index contributed by atoms with van der Waals surface area (Å²) in [6.07, 6.45) is 2.75. The van der Waals surface area contributed by atoms with Crippen molar-refractivity contribution in [1.82, 2.24) is 14.1 Å². The maximum atomic E-state index is 12.9. The second kappa shape index (κ2) is 9.24. The molecule has 2 aliphatic rings. The van der Waals surface area contributed by atoms with Crippen LogP contribution in [0.2, 0.25) is 0 Å². The third kappa shape index (κ3) is 5.46. The number of sulfonamides is 1. The fourth-order valence-electron chi connectivity index (χ4n) is 3.95. The van der Waals surface area contributed by atoms with E-state index >= 15 is 0 Å². The van der Waals surface area contributed by atoms with E-state index < -0.39 is 10.0 Å². The first-order valence-electron chi connectivity index (χ1n) is 10.0. The lowest BCUT2D eigenvalue weighted by Gasteiger charge is -2.38. The monoisotopic (exact) mass is 409 g/mol. The van der Waals surface area contributed by atoms with Crippen molar-refractivity contribution in [1.29, 1.82) is 0 Å². The van der Waals surface area contributed by atoms with Crippen molar-refractivity contribution in [3.8, 4) is 5.75 Å². The summed E-state index contributed by atoms with van der Waals surface area (Å²) in [5, 5.41) is 0. The average molecular weight is 410 g/mol. The fourth-order valence-corrected chi connectivity index (χ4v) is 4.86. The van der Waals surface area contributed by atoms with Crippen LogP contribution in [0.4, 0.5) is 0 Å². The Labute approximate surface area is 168 Å². The molecule has 3 rings (SSSR count). The molecule has 2 aliphatic heterocycles. The molecular weight excluding hydrogens is 378 g/mol. The molecule has 2 saturated heterocycles. The van der Waals surface area contributed by atoms with Gasteiger partial charge < -0.3 is 9.64 Å². The van der Waals surface area contributed by atoms with Gasteiger partial charge in [-0.05, 0) is 37.5 Å². The van der Waals surface area contributed by atoms with Gasteiger partial charge in [0, 0.05) is 45.8 Å². The van der Waals surface area contributed by atoms with E-state index in [1.54, 1.807) is 0 Å². The Kier molecular flexibility index (Phi) is 6.95. The molecule has 0 saturated carbocycles. The highest BCUT2D eigenvalue weighted by molar-refractivity contribution is 7.88. The second-order valence-corrected chi connectivity index (χ2v) is 9.62. The van der Waals surface area contributed by atoms with Crippen LogP contribution in [0.5, 0.6) is 5.75 Å². The van der Waals surface area contributed by atoms with Crippen LogP contribution >= 0.6 is 0 Å². The molecule has 28 heavy (non-hydrogen) atoms. The summed E-state index contributed by atoms with van der Waals surface area (Å²) >= 11 is 0. The van der Waals surface area contributed by atoms with Gasteiger partial charge in [0.05, 0.1) is 18.8 Å². The summed E-state index contributed by atoms with van der Waals surface area (Å²) in [5.41, 5.74) is 1.24. The number of carbonyl (C=O) groups excluding carboxylic acids is 1. The number of amides is 1. The molecule has 1 aromatic carbocycles. The highest BCUT2D eigenvalue weighted by Crippen LogP contribution is 2.22. The van der Waals surface area contributed by atoms with E-state index in [0.29, 0.717) is 32.8 Å². The Bertz CT molecular complexity index is 758. The van der Waals surface area contributed by atoms with E-state index in [-0.39, 0.29) is 11.8 Å². The number of rotatable bonds is 6. The standard InChI is InChI=1S/C20H31N3O4S/c1-3-27-19-8-6-17(7-9-19)15-21-11-13-22(14-12-21)20(24)18-5-4-10-23(16-18)28(2,25)26/h6-9,18H,3-5,10-16H2,1-2H3. The zero-order valence-electron chi connectivity index (χ0n) is 16.8. The maximum absolute atomic E-state index is 12.9. The minimum atomic E-state index is -3.23. The number of piperazine rings is 1. The van der Waals surface area contributed by atoms with Gasteiger partial charge in [0.25, 0.3) is 0 Å². The lowest BCUT2D eigenvalue weighted by atomic mass is 9.97. The van der Waals surface area contributed by atoms with Gasteiger partial charge in [-0.3, -0.25) is 9.69 Å². The minimum Gasteiger partial charge on any atom is -0.494 e. The van der Waals surface area contributed by atoms with E-state index in [0.717, 1.165) is 38.2 Å². The lowest BCUT2D eigenvalue weighted by molar-refractivity contribution is -0.138. The molecule has 1 unspecified atom stereocenters. The van der Waals surface area contributed by atoms with Gasteiger partial charge in [-0.15, -0.1) is 0 Å². The summed E-state index contributed by atoms with van der Waals surface area (Å²) in [4.78, 5) is 17.1. The number of benzene rings is 1. The molecule has 0 N–H and O–H groups in total. The van der Waals surface area contributed by atoms with Crippen LogP contribution in [-0.4, -0.2) is 80.6 Å². The Balaban J connectivity index is 1.48. The molecule has 7 nitrogen and oxygen atoms in total. The highest BCUT2D eigenvalue weighted by Gasteiger charge is 2.33. The molecule has 156 valence electrons. The zero-order chi connectivity index (χ0) is 20.1. The third-order valence-corrected chi connectivity index (χ3v) is 6.80. The summed E-state index contributed by atoms with van der Waals surface area (Å²) in [5.74, 6) is 0.785. The van der Waals surface area contributed by atoms with Gasteiger partial charge in [-0.1, -0.05) is 12.1 Å². The zero-order valence-corrected chi connectivity index (χ0v) is 17.7. The summed E-state index contributed by atoms with van der Waals surface area (Å²) in [7, 11) is -3.23. The van der Waals surface area contributed by atoms with E-state index in [2.05, 4.69) is 17.0 Å². The summed E-state index contributed by atoms with van der Waals surface area (Å²) < 4.78 is 30.5. The van der Waals surface area contributed by atoms with E-state index in [4.69, 9.17) is 4.74 Å². The number of piperidine rings is 1. The molecule has 1 atom stereocenters. The molecule has 1 amide bonds. The van der Waals surface area contributed by atoms with E-state index in [1.807, 2.05) is 24.0 Å². The molecule has 0 radical (unpaired) electrons. The lowest BCUT2D eigenvalue weighted by Crippen LogP contribution is -2.52. The van der Waals surface area contributed by atoms with Gasteiger partial charge in [0.2, 0.25) is 15.9 Å². The molecule has 1 aromatic rings. The van der Waals surface area contributed by atoms with Crippen LogP contribution in [-0.2, 0) is 21.4 Å². The van der Waals surface area contributed by atoms with Crippen LogP contribution in [0, 0.1) is 5.92 Å². The van der Waals surface area contributed by atoms with Crippen LogP contribution < -0.4 is 4.74 Å². The molecule has 0 aromatic heterocycles. The van der Waals surface area contributed by atoms with Crippen molar-refractivity contribution >= 4 is 15.9 Å². The van der Waals surface area contributed by atoms with Crippen molar-refractivity contribution < 1.29 is 17.9 Å². The Hall–Kier alpha value is -1.64. The van der Waals surface area contributed by atoms with Crippen molar-refractivity contribution in [2.45, 2.75) is 26.3 Å². The predicted molar refractivity (Wildman–Crippen MR) is 109 cm³/mol. The number of nitrogens with zero attached hydrogens (tertiary/aromatic N) is 3. The quantitative estimate of drug-likeness (QED) is 0.710. The highest BCUT2D eigenvalue weighted by atomic mass is 32.2. The third-order valence-electron chi connectivity index (χ3n) is 5.53. The molecule has 2 fully saturated rings. The van der Waals surface area contributed by atoms with Crippen molar-refractivity contribution in [2.75, 3.05) is 52.1 Å². The topological polar surface area (TPSA) is 70.2 Å². The van der Waals surface area contributed by atoms with Crippen molar-refractivity contribution in [2.24, 2.45) is 5.92 Å². The largest absolute Gasteiger partial charge is 0.494 e. The first kappa shape index (κ1) is 21.1. The second-order valence-electron chi connectivity index (χ2n) is 7.64. The van der Waals surface area contributed by atoms with Crippen LogP contribution in [0.15, 0.2) is 24.3 Å². The van der Waals surface area contributed by atoms with Gasteiger partial charge in [0.1, 0.15) is 5.75 Å². The molecular formula is C20H31N3O4S. The average Bonchev–Trinajstić information content (AvgIpc) is 2.69. The van der Waals surface area contributed by atoms with E-state index in [9.17, 15) is 13.2 Å². The normalized spacial score (nSPS) is 22.2. The first-order chi connectivity index (χ1) is 13.4. The summed E-state index contributed by atoms with van der Waals surface area (Å²) in [6, 6.07) is 8.17. The van der Waals surface area contributed by atoms with E-state index in [1.165, 1.54) is 16.1 Å². The molecule has 0 bridgehead atoms. The van der Waals surface area contributed by atoms with Crippen LogP contribution in [0.3, 0.4) is 0 Å². The molecule has 0 aliphatic carbocycles. The Morgan fingerprint density at radius 3 is 2.39 bits per heavy atom. The van der Waals surface area contributed by atoms with Crippen LogP contribution in [0.1, 0.15) is 25.3 Å². The first-order valence-corrected chi connectivity index (χ1v) is 11.9. The number of hydrogen-bond donors (Lipinski definition) is 0. The van der Waals surface area contributed by atoms with Crippen molar-refractivity contribution in [3.63, 3.8) is 0 Å². The van der Waals surface area contributed by atoms with Crippen LogP contribution in [0.25, 0.3) is 0 Å². The Morgan fingerprint density at radius 1 is 1.11 bits per heavy atom.